The fraction of sp³-hybridized carbons (Fsp3) is 0.417. The van der Waals surface area contributed by atoms with Crippen LogP contribution in [0.4, 0.5) is 10.1 Å². The molecule has 0 fully saturated rings. The third kappa shape index (κ3) is 4.13. The third-order valence-corrected chi connectivity index (χ3v) is 2.46. The molecule has 1 aromatic rings. The van der Waals surface area contributed by atoms with E-state index in [4.69, 9.17) is 10.5 Å². The second kappa shape index (κ2) is 6.32. The first-order valence-corrected chi connectivity index (χ1v) is 5.35. The van der Waals surface area contributed by atoms with E-state index in [-0.39, 0.29) is 30.8 Å². The lowest BCUT2D eigenvalue weighted by Gasteiger charge is -2.12. The quantitative estimate of drug-likeness (QED) is 0.818. The molecule has 4 nitrogen and oxygen atoms in total. The number of hydrogen-bond donors (Lipinski definition) is 2. The minimum Gasteiger partial charge on any atom is -0.380 e. The number of aryl methyl sites for hydroxylation is 1. The smallest absolute Gasteiger partial charge is 0.227 e. The summed E-state index contributed by atoms with van der Waals surface area (Å²) in [6.45, 7) is 1.93. The number of halogens is 1. The zero-order valence-corrected chi connectivity index (χ0v) is 10.00. The van der Waals surface area contributed by atoms with E-state index in [0.717, 1.165) is 0 Å². The number of carbonyl (C=O) groups is 1. The summed E-state index contributed by atoms with van der Waals surface area (Å²) in [7, 11) is 1.50. The fourth-order valence-electron chi connectivity index (χ4n) is 1.35. The summed E-state index contributed by atoms with van der Waals surface area (Å²) in [4.78, 5) is 11.6. The third-order valence-electron chi connectivity index (χ3n) is 2.46. The number of carbonyl (C=O) groups excluding carboxylic acids is 1. The van der Waals surface area contributed by atoms with Crippen molar-refractivity contribution in [1.82, 2.24) is 0 Å². The molecule has 0 aliphatic carbocycles. The molecule has 1 aromatic carbocycles. The van der Waals surface area contributed by atoms with Gasteiger partial charge in [0.1, 0.15) is 5.82 Å². The Kier molecular flexibility index (Phi) is 5.06. The second-order valence-electron chi connectivity index (χ2n) is 3.81. The van der Waals surface area contributed by atoms with Gasteiger partial charge in [0.2, 0.25) is 5.91 Å². The van der Waals surface area contributed by atoms with Gasteiger partial charge < -0.3 is 15.8 Å². The number of ether oxygens (including phenoxy) is 1. The Balaban J connectivity index is 2.58. The van der Waals surface area contributed by atoms with Crippen LogP contribution in [0.25, 0.3) is 0 Å². The van der Waals surface area contributed by atoms with Crippen molar-refractivity contribution in [2.24, 2.45) is 5.73 Å². The summed E-state index contributed by atoms with van der Waals surface area (Å²) < 4.78 is 18.2. The minimum absolute atomic E-state index is 0.155. The van der Waals surface area contributed by atoms with Crippen LogP contribution in [0.3, 0.4) is 0 Å². The maximum atomic E-state index is 13.2. The Labute approximate surface area is 100.0 Å². The number of methoxy groups -OCH3 is 1. The summed E-state index contributed by atoms with van der Waals surface area (Å²) >= 11 is 0. The van der Waals surface area contributed by atoms with Crippen LogP contribution in [-0.4, -0.2) is 25.7 Å². The predicted octanol–water partition coefficient (Wildman–Crippen LogP) is 1.44. The average Bonchev–Trinajstić information content (AvgIpc) is 2.31. The molecule has 17 heavy (non-hydrogen) atoms. The average molecular weight is 240 g/mol. The predicted molar refractivity (Wildman–Crippen MR) is 64.2 cm³/mol. The van der Waals surface area contributed by atoms with Gasteiger partial charge in [-0.25, -0.2) is 4.39 Å². The molecule has 1 amide bonds. The Morgan fingerprint density at radius 1 is 1.59 bits per heavy atom. The van der Waals surface area contributed by atoms with Gasteiger partial charge in [0.05, 0.1) is 12.5 Å². The van der Waals surface area contributed by atoms with Crippen LogP contribution in [0.15, 0.2) is 18.2 Å². The van der Waals surface area contributed by atoms with E-state index in [1.165, 1.54) is 13.2 Å². The van der Waals surface area contributed by atoms with Crippen LogP contribution < -0.4 is 11.1 Å². The first-order valence-electron chi connectivity index (χ1n) is 5.35. The van der Waals surface area contributed by atoms with Gasteiger partial charge in [-0.15, -0.1) is 0 Å². The van der Waals surface area contributed by atoms with E-state index in [9.17, 15) is 9.18 Å². The first-order chi connectivity index (χ1) is 8.06. The van der Waals surface area contributed by atoms with Crippen LogP contribution in [0.2, 0.25) is 0 Å². The molecule has 5 heteroatoms. The van der Waals surface area contributed by atoms with Crippen molar-refractivity contribution in [1.29, 1.82) is 0 Å². The summed E-state index contributed by atoms with van der Waals surface area (Å²) in [5.41, 5.74) is 6.38. The molecule has 0 aliphatic rings. The van der Waals surface area contributed by atoms with E-state index in [1.807, 2.05) is 0 Å². The van der Waals surface area contributed by atoms with Crippen molar-refractivity contribution < 1.29 is 13.9 Å². The molecule has 3 N–H and O–H groups in total. The zero-order valence-electron chi connectivity index (χ0n) is 10.00. The highest BCUT2D eigenvalue weighted by Gasteiger charge is 2.11. The molecule has 0 bridgehead atoms. The maximum Gasteiger partial charge on any atom is 0.227 e. The van der Waals surface area contributed by atoms with E-state index in [0.29, 0.717) is 11.3 Å². The zero-order chi connectivity index (χ0) is 12.8. The molecule has 1 atom stereocenters. The molecule has 0 radical (unpaired) electrons. The Hall–Kier alpha value is -1.46. The van der Waals surface area contributed by atoms with Gasteiger partial charge in [0.25, 0.3) is 0 Å². The fourth-order valence-corrected chi connectivity index (χ4v) is 1.35. The minimum atomic E-state index is -0.343. The molecular formula is C12H17FN2O2. The standard InChI is InChI=1S/C12H17FN2O2/c1-8-3-4-9(5-11(8)13)15-12(16)6-10(7-14)17-2/h3-5,10H,6-7,14H2,1-2H3,(H,15,16). The lowest BCUT2D eigenvalue weighted by atomic mass is 10.2. The monoisotopic (exact) mass is 240 g/mol. The SMILES string of the molecule is COC(CN)CC(=O)Nc1ccc(C)c(F)c1. The topological polar surface area (TPSA) is 64.3 Å². The van der Waals surface area contributed by atoms with Gasteiger partial charge in [-0.05, 0) is 24.6 Å². The summed E-state index contributed by atoms with van der Waals surface area (Å²) in [6.07, 6.45) is -0.159. The highest BCUT2D eigenvalue weighted by molar-refractivity contribution is 5.91. The van der Waals surface area contributed by atoms with Crippen molar-refractivity contribution in [2.45, 2.75) is 19.4 Å². The molecular weight excluding hydrogens is 223 g/mol. The normalized spacial score (nSPS) is 12.2. The highest BCUT2D eigenvalue weighted by Crippen LogP contribution is 2.14. The molecule has 94 valence electrons. The second-order valence-corrected chi connectivity index (χ2v) is 3.81. The van der Waals surface area contributed by atoms with E-state index in [2.05, 4.69) is 5.32 Å². The largest absolute Gasteiger partial charge is 0.380 e. The van der Waals surface area contributed by atoms with E-state index >= 15 is 0 Å². The van der Waals surface area contributed by atoms with Crippen LogP contribution >= 0.6 is 0 Å². The molecule has 1 rings (SSSR count). The maximum absolute atomic E-state index is 13.2. The molecule has 1 unspecified atom stereocenters. The van der Waals surface area contributed by atoms with Crippen molar-refractivity contribution >= 4 is 11.6 Å². The number of anilines is 1. The van der Waals surface area contributed by atoms with Gasteiger partial charge in [-0.2, -0.15) is 0 Å². The number of rotatable bonds is 5. The number of nitrogens with two attached hydrogens (primary N) is 1. The van der Waals surface area contributed by atoms with Crippen molar-refractivity contribution in [3.63, 3.8) is 0 Å². The lowest BCUT2D eigenvalue weighted by Crippen LogP contribution is -2.28. The Bertz CT molecular complexity index is 392. The summed E-state index contributed by atoms with van der Waals surface area (Å²) in [5.74, 6) is -0.588. The first kappa shape index (κ1) is 13.6. The number of amides is 1. The van der Waals surface area contributed by atoms with Gasteiger partial charge >= 0.3 is 0 Å². The Morgan fingerprint density at radius 3 is 2.82 bits per heavy atom. The van der Waals surface area contributed by atoms with Crippen molar-refractivity contribution in [3.05, 3.63) is 29.6 Å². The Morgan fingerprint density at radius 2 is 2.29 bits per heavy atom. The summed E-state index contributed by atoms with van der Waals surface area (Å²) in [6, 6.07) is 4.56. The molecule has 0 aliphatic heterocycles. The number of benzene rings is 1. The highest BCUT2D eigenvalue weighted by atomic mass is 19.1. The van der Waals surface area contributed by atoms with Crippen LogP contribution in [0, 0.1) is 12.7 Å². The lowest BCUT2D eigenvalue weighted by molar-refractivity contribution is -0.118. The molecule has 0 saturated heterocycles. The van der Waals surface area contributed by atoms with Crippen LogP contribution in [-0.2, 0) is 9.53 Å². The van der Waals surface area contributed by atoms with Crippen LogP contribution in [0.5, 0.6) is 0 Å². The number of nitrogens with one attached hydrogen (secondary N) is 1. The number of hydrogen-bond acceptors (Lipinski definition) is 3. The van der Waals surface area contributed by atoms with Crippen LogP contribution in [0.1, 0.15) is 12.0 Å². The summed E-state index contributed by atoms with van der Waals surface area (Å²) in [5, 5.41) is 2.59. The van der Waals surface area contributed by atoms with E-state index in [1.54, 1.807) is 19.1 Å². The van der Waals surface area contributed by atoms with E-state index < -0.39 is 0 Å². The van der Waals surface area contributed by atoms with Gasteiger partial charge in [-0.1, -0.05) is 6.07 Å². The molecule has 0 aromatic heterocycles. The molecule has 0 heterocycles. The van der Waals surface area contributed by atoms with Gasteiger partial charge in [-0.3, -0.25) is 4.79 Å². The van der Waals surface area contributed by atoms with Gasteiger partial charge in [0.15, 0.2) is 0 Å². The molecule has 0 spiro atoms. The molecule has 0 saturated carbocycles. The van der Waals surface area contributed by atoms with Crippen molar-refractivity contribution in [2.75, 3.05) is 19.0 Å². The van der Waals surface area contributed by atoms with Gasteiger partial charge in [0, 0.05) is 19.3 Å². The van der Waals surface area contributed by atoms with Crippen molar-refractivity contribution in [3.8, 4) is 0 Å².